The Kier molecular flexibility index (Phi) is 18.4. The maximum Gasteiger partial charge on any atom is 0.298 e. The quantitative estimate of drug-likeness (QED) is 0.0263. The van der Waals surface area contributed by atoms with Gasteiger partial charge in [-0.25, -0.2) is 0 Å². The molecule has 0 saturated heterocycles. The van der Waals surface area contributed by atoms with Gasteiger partial charge in [0.05, 0.1) is 25.6 Å². The van der Waals surface area contributed by atoms with E-state index in [4.69, 9.17) is 24.4 Å². The molecule has 8 rings (SSSR count). The molecule has 3 heterocycles. The number of methoxy groups -OCH3 is 2. The van der Waals surface area contributed by atoms with Crippen LogP contribution in [0.15, 0.2) is 139 Å². The van der Waals surface area contributed by atoms with Crippen LogP contribution in [0.25, 0.3) is 22.5 Å². The van der Waals surface area contributed by atoms with Gasteiger partial charge in [0, 0.05) is 54.4 Å². The molecule has 23 nitrogen and oxygen atoms in total. The van der Waals surface area contributed by atoms with Crippen molar-refractivity contribution in [1.29, 1.82) is 10.5 Å². The number of benzene rings is 5. The summed E-state index contributed by atoms with van der Waals surface area (Å²) in [5.74, 6) is 0.564. The topological polar surface area (TPSA) is 319 Å². The highest BCUT2D eigenvalue weighted by Gasteiger charge is 2.24. The van der Waals surface area contributed by atoms with Crippen molar-refractivity contribution in [3.05, 3.63) is 120 Å². The Labute approximate surface area is 473 Å². The Morgan fingerprint density at radius 1 is 0.600 bits per heavy atom. The molecule has 0 aliphatic heterocycles. The number of nitrogens with one attached hydrogen (secondary N) is 2. The van der Waals surface area contributed by atoms with E-state index < -0.39 is 30.0 Å². The van der Waals surface area contributed by atoms with E-state index >= 15 is 0 Å². The van der Waals surface area contributed by atoms with E-state index in [0.717, 1.165) is 40.0 Å². The van der Waals surface area contributed by atoms with E-state index in [0.29, 0.717) is 59.8 Å². The van der Waals surface area contributed by atoms with Gasteiger partial charge in [0.15, 0.2) is 15.2 Å². The third kappa shape index (κ3) is 13.3. The average molecular weight is 1170 g/mol. The van der Waals surface area contributed by atoms with Gasteiger partial charge in [-0.2, -0.15) is 51.1 Å². The maximum absolute atomic E-state index is 12.2. The summed E-state index contributed by atoms with van der Waals surface area (Å²) in [5, 5.41) is 46.1. The Morgan fingerprint density at radius 3 is 1.43 bits per heavy atom. The molecule has 0 spiro atoms. The highest BCUT2D eigenvalue weighted by molar-refractivity contribution is 7.98. The predicted molar refractivity (Wildman–Crippen MR) is 308 cm³/mol. The van der Waals surface area contributed by atoms with Crippen LogP contribution in [-0.4, -0.2) is 90.0 Å². The number of hydrogen-bond donors (Lipinski definition) is 4. The smallest absolute Gasteiger partial charge is 0.298 e. The number of hydrogen-bond acceptors (Lipinski definition) is 24. The second kappa shape index (κ2) is 25.5. The summed E-state index contributed by atoms with van der Waals surface area (Å²) in [6, 6.07) is 33.1. The van der Waals surface area contributed by atoms with Crippen LogP contribution in [0.1, 0.15) is 44.4 Å². The molecule has 0 fully saturated rings. The molecule has 8 aromatic rings. The van der Waals surface area contributed by atoms with Crippen LogP contribution in [0.3, 0.4) is 0 Å². The third-order valence-electron chi connectivity index (χ3n) is 12.0. The van der Waals surface area contributed by atoms with Crippen LogP contribution in [-0.2, 0) is 26.0 Å². The summed E-state index contributed by atoms with van der Waals surface area (Å²) in [5.41, 5.74) is 4.97. The van der Waals surface area contributed by atoms with Crippen molar-refractivity contribution >= 4 is 111 Å². The molecule has 3 aromatic heterocycles. The fraction of sp³-hybridized carbons (Fsp3) is 0.212. The summed E-state index contributed by atoms with van der Waals surface area (Å²) in [6.45, 7) is 10.9. The van der Waals surface area contributed by atoms with E-state index in [1.807, 2.05) is 82.3 Å². The summed E-state index contributed by atoms with van der Waals surface area (Å²) >= 11 is 3.11. The molecule has 0 saturated carbocycles. The van der Waals surface area contributed by atoms with Gasteiger partial charge in [0.2, 0.25) is 11.9 Å². The van der Waals surface area contributed by atoms with Gasteiger partial charge in [-0.1, -0.05) is 42.1 Å². The van der Waals surface area contributed by atoms with Crippen molar-refractivity contribution in [3.8, 4) is 46.2 Å². The summed E-state index contributed by atoms with van der Waals surface area (Å²) in [6.07, 6.45) is 0. The fourth-order valence-electron chi connectivity index (χ4n) is 8.03. The van der Waals surface area contributed by atoms with Crippen molar-refractivity contribution in [2.24, 2.45) is 20.5 Å². The van der Waals surface area contributed by atoms with Crippen LogP contribution < -0.4 is 29.9 Å². The van der Waals surface area contributed by atoms with Crippen molar-refractivity contribution in [3.63, 3.8) is 0 Å². The highest BCUT2D eigenvalue weighted by atomic mass is 32.2. The molecule has 0 atom stereocenters. The SMILES string of the molecule is CCN(CC)c1ccc(N=Nc2snc(-c3ccc(OC)c(S(=O)(=O)O)c3)c2C#N)c(Nc2nc(Nc3cc(N(CC)CC)ccc3N=Nc3snc(-c4ccc(OC)c(S(=O)(=O)O)c4)c3C#N)nc(SCc3ccccc3)n2)c1. The zero-order chi connectivity index (χ0) is 57.1. The first kappa shape index (κ1) is 57.7. The number of rotatable bonds is 23. The van der Waals surface area contributed by atoms with Gasteiger partial charge in [0.25, 0.3) is 20.2 Å². The Morgan fingerprint density at radius 2 is 1.04 bits per heavy atom. The zero-order valence-electron chi connectivity index (χ0n) is 43.5. The van der Waals surface area contributed by atoms with Gasteiger partial charge < -0.3 is 29.9 Å². The van der Waals surface area contributed by atoms with Gasteiger partial charge >= 0.3 is 0 Å². The first-order valence-corrected chi connectivity index (χ1v) is 29.6. The Hall–Kier alpha value is -8.48. The standard InChI is InChI=1S/C52H49N15O8S5/c1-7-66(8-2)34-18-20-38(60-62-48-36(28-53)46(64-77-48)32-16-22-42(74-5)44(24-32)79(68,69)70)40(26-34)55-50-57-51(59-52(58-50)76-30-31-14-12-11-13-15-31)56-41-27-35(67(9-3)10-4)19-21-39(41)61-63-49-37(29-54)47(65-78-49)33-17-23-43(75-6)45(25-33)80(71,72)73/h11-27H,7-10,30H2,1-6H3,(H,68,69,70)(H,71,72,73)(H2,55,56,57,58,59). The van der Waals surface area contributed by atoms with Crippen molar-refractivity contribution in [1.82, 2.24) is 23.7 Å². The highest BCUT2D eigenvalue weighted by Crippen LogP contribution is 2.42. The summed E-state index contributed by atoms with van der Waals surface area (Å²) in [4.78, 5) is 17.8. The van der Waals surface area contributed by atoms with Gasteiger partial charge in [0.1, 0.15) is 67.3 Å². The van der Waals surface area contributed by atoms with Crippen molar-refractivity contribution in [2.45, 2.75) is 48.4 Å². The minimum Gasteiger partial charge on any atom is -0.495 e. The number of nitrogens with zero attached hydrogens (tertiary/aromatic N) is 13. The first-order chi connectivity index (χ1) is 38.5. The number of nitriles is 2. The fourth-order valence-corrected chi connectivity index (χ4v) is 11.6. The molecule has 0 amide bonds. The van der Waals surface area contributed by atoms with Crippen LogP contribution >= 0.6 is 34.8 Å². The number of thioether (sulfide) groups is 1. The van der Waals surface area contributed by atoms with Crippen LogP contribution in [0, 0.1) is 22.7 Å². The van der Waals surface area contributed by atoms with Gasteiger partial charge in [-0.3, -0.25) is 9.11 Å². The number of azo groups is 2. The third-order valence-corrected chi connectivity index (χ3v) is 16.2. The van der Waals surface area contributed by atoms with E-state index in [1.165, 1.54) is 62.4 Å². The Bertz CT molecular complexity index is 3720. The summed E-state index contributed by atoms with van der Waals surface area (Å²) in [7, 11) is -6.87. The lowest BCUT2D eigenvalue weighted by Gasteiger charge is -2.22. The molecule has 410 valence electrons. The second-order valence-electron chi connectivity index (χ2n) is 16.8. The van der Waals surface area contributed by atoms with Gasteiger partial charge in [-0.15, -0.1) is 20.5 Å². The van der Waals surface area contributed by atoms with E-state index in [9.17, 15) is 36.5 Å². The van der Waals surface area contributed by atoms with Crippen LogP contribution in [0.2, 0.25) is 0 Å². The zero-order valence-corrected chi connectivity index (χ0v) is 47.6. The molecular weight excluding hydrogens is 1120 g/mol. The normalized spacial score (nSPS) is 11.6. The monoisotopic (exact) mass is 1170 g/mol. The molecule has 0 aliphatic rings. The summed E-state index contributed by atoms with van der Waals surface area (Å²) < 4.78 is 87.8. The maximum atomic E-state index is 12.2. The second-order valence-corrected chi connectivity index (χ2v) is 22.0. The molecule has 0 bridgehead atoms. The predicted octanol–water partition coefficient (Wildman–Crippen LogP) is 12.7. The molecule has 4 N–H and O–H groups in total. The number of ether oxygens (including phenoxy) is 2. The lowest BCUT2D eigenvalue weighted by Crippen LogP contribution is -2.21. The van der Waals surface area contributed by atoms with Crippen LogP contribution in [0.4, 0.5) is 56.0 Å². The number of anilines is 6. The molecule has 5 aromatic carbocycles. The van der Waals surface area contributed by atoms with E-state index in [-0.39, 0.29) is 67.0 Å². The minimum atomic E-state index is -4.70. The Balaban J connectivity index is 1.19. The molecule has 28 heteroatoms. The molecule has 0 unspecified atom stereocenters. The van der Waals surface area contributed by atoms with Gasteiger partial charge in [-0.05, 0) is 129 Å². The van der Waals surface area contributed by atoms with E-state index in [2.05, 4.69) is 61.8 Å². The van der Waals surface area contributed by atoms with Crippen molar-refractivity contribution < 1.29 is 35.4 Å². The largest absolute Gasteiger partial charge is 0.495 e. The minimum absolute atomic E-state index is 0.0180. The van der Waals surface area contributed by atoms with E-state index in [1.54, 1.807) is 12.1 Å². The molecule has 0 aliphatic carbocycles. The number of aromatic nitrogens is 5. The average Bonchev–Trinajstić information content (AvgIpc) is 4.09. The lowest BCUT2D eigenvalue weighted by atomic mass is 10.1. The molecule has 0 radical (unpaired) electrons. The molecule has 80 heavy (non-hydrogen) atoms. The first-order valence-electron chi connectivity index (χ1n) is 24.2. The lowest BCUT2D eigenvalue weighted by molar-refractivity contribution is 0.397. The molecular formula is C52H49N15O8S5. The van der Waals surface area contributed by atoms with Crippen molar-refractivity contribution in [2.75, 3.05) is 60.8 Å². The van der Waals surface area contributed by atoms with Crippen LogP contribution in [0.5, 0.6) is 11.5 Å².